The van der Waals surface area contributed by atoms with E-state index in [9.17, 15) is 0 Å². The van der Waals surface area contributed by atoms with Crippen LogP contribution in [0.1, 0.15) is 18.9 Å². The maximum atomic E-state index is 3.17. The average molecular weight is 159 g/mol. The Morgan fingerprint density at radius 1 is 1.36 bits per heavy atom. The minimum Gasteiger partial charge on any atom is -0.358 e. The van der Waals surface area contributed by atoms with Crippen molar-refractivity contribution >= 4 is 23.1 Å². The van der Waals surface area contributed by atoms with Crippen molar-refractivity contribution in [1.29, 1.82) is 0 Å². The topological polar surface area (TPSA) is 0 Å². The van der Waals surface area contributed by atoms with Gasteiger partial charge in [-0.1, -0.05) is 19.8 Å². The van der Waals surface area contributed by atoms with Gasteiger partial charge in [0.25, 0.3) is 0 Å². The molecule has 1 heteroatoms. The van der Waals surface area contributed by atoms with Gasteiger partial charge in [-0.25, -0.2) is 0 Å². The van der Waals surface area contributed by atoms with Gasteiger partial charge in [-0.05, 0) is 0 Å². The van der Waals surface area contributed by atoms with Gasteiger partial charge in [-0.3, -0.25) is 0 Å². The molecule has 0 radical (unpaired) electrons. The first-order chi connectivity index (χ1) is 4.43. The fourth-order valence-corrected chi connectivity index (χ4v) is 0.855. The Morgan fingerprint density at radius 3 is 2.55 bits per heavy atom. The summed E-state index contributed by atoms with van der Waals surface area (Å²) in [6, 6.07) is 11.3. The van der Waals surface area contributed by atoms with Crippen molar-refractivity contribution in [3.05, 3.63) is 43.3 Å². The zero-order valence-electron chi connectivity index (χ0n) is 7.43. The molecule has 0 aliphatic heterocycles. The summed E-state index contributed by atoms with van der Waals surface area (Å²) in [5, 5.41) is 0. The SMILES string of the molecule is CCCc1[c-]cccc1.[CH3-].[Mg+2]. The first kappa shape index (κ1) is 13.6. The van der Waals surface area contributed by atoms with Crippen LogP contribution in [0.5, 0.6) is 0 Å². The van der Waals surface area contributed by atoms with Gasteiger partial charge >= 0.3 is 23.1 Å². The molecule has 56 valence electrons. The van der Waals surface area contributed by atoms with Crippen molar-refractivity contribution in [2.24, 2.45) is 0 Å². The molecule has 0 atom stereocenters. The molecule has 1 aromatic rings. The predicted molar refractivity (Wildman–Crippen MR) is 51.4 cm³/mol. The molecule has 0 saturated heterocycles. The van der Waals surface area contributed by atoms with Crippen molar-refractivity contribution in [2.45, 2.75) is 19.8 Å². The molecule has 11 heavy (non-hydrogen) atoms. The van der Waals surface area contributed by atoms with Gasteiger partial charge in [0.15, 0.2) is 0 Å². The van der Waals surface area contributed by atoms with E-state index in [4.69, 9.17) is 0 Å². The van der Waals surface area contributed by atoms with E-state index in [0.29, 0.717) is 0 Å². The van der Waals surface area contributed by atoms with Gasteiger partial charge in [-0.2, -0.15) is 35.9 Å². The van der Waals surface area contributed by atoms with Crippen molar-refractivity contribution in [3.63, 3.8) is 0 Å². The second kappa shape index (κ2) is 8.09. The van der Waals surface area contributed by atoms with E-state index in [0.717, 1.165) is 6.42 Å². The molecule has 0 aliphatic carbocycles. The van der Waals surface area contributed by atoms with Crippen molar-refractivity contribution in [2.75, 3.05) is 0 Å². The molecule has 0 saturated carbocycles. The summed E-state index contributed by atoms with van der Waals surface area (Å²) in [5.74, 6) is 0. The fourth-order valence-electron chi connectivity index (χ4n) is 0.855. The maximum Gasteiger partial charge on any atom is 2.00 e. The largest absolute Gasteiger partial charge is 2.00 e. The fraction of sp³-hybridized carbons (Fsp3) is 0.300. The summed E-state index contributed by atoms with van der Waals surface area (Å²) in [6.07, 6.45) is 2.36. The van der Waals surface area contributed by atoms with Crippen LogP contribution < -0.4 is 0 Å². The molecule has 0 aromatic heterocycles. The second-order valence-corrected chi connectivity index (χ2v) is 2.14. The monoisotopic (exact) mass is 158 g/mol. The summed E-state index contributed by atoms with van der Waals surface area (Å²) < 4.78 is 0. The van der Waals surface area contributed by atoms with Crippen molar-refractivity contribution < 1.29 is 0 Å². The van der Waals surface area contributed by atoms with Crippen LogP contribution in [0.2, 0.25) is 0 Å². The predicted octanol–water partition coefficient (Wildman–Crippen LogP) is 2.51. The molecule has 0 aliphatic rings. The Bertz CT molecular complexity index is 158. The molecular weight excluding hydrogens is 144 g/mol. The Morgan fingerprint density at radius 2 is 2.09 bits per heavy atom. The van der Waals surface area contributed by atoms with Gasteiger partial charge in [-0.15, -0.1) is 0 Å². The smallest absolute Gasteiger partial charge is 0.358 e. The van der Waals surface area contributed by atoms with Gasteiger partial charge in [0.05, 0.1) is 0 Å². The first-order valence-electron chi connectivity index (χ1n) is 3.39. The number of hydrogen-bond donors (Lipinski definition) is 0. The van der Waals surface area contributed by atoms with E-state index in [2.05, 4.69) is 25.1 Å². The standard InChI is InChI=1S/C9H11.CH3.Mg/c1-2-6-9-7-4-3-5-8-9;;/h3-5,7H,2,6H2,1H3;1H3;/q2*-1;+2. The average Bonchev–Trinajstić information content (AvgIpc) is 1.91. The van der Waals surface area contributed by atoms with E-state index in [1.807, 2.05) is 12.1 Å². The molecule has 0 fully saturated rings. The third-order valence-electron chi connectivity index (χ3n) is 1.29. The van der Waals surface area contributed by atoms with Crippen LogP contribution in [0.3, 0.4) is 0 Å². The van der Waals surface area contributed by atoms with Crippen LogP contribution in [0, 0.1) is 13.5 Å². The molecule has 1 rings (SSSR count). The molecular formula is C10H14Mg. The van der Waals surface area contributed by atoms with E-state index < -0.39 is 0 Å². The van der Waals surface area contributed by atoms with E-state index in [-0.39, 0.29) is 30.5 Å². The summed E-state index contributed by atoms with van der Waals surface area (Å²) >= 11 is 0. The maximum absolute atomic E-state index is 3.17. The van der Waals surface area contributed by atoms with Crippen LogP contribution in [0.25, 0.3) is 0 Å². The Kier molecular flexibility index (Phi) is 9.97. The quantitative estimate of drug-likeness (QED) is 0.458. The van der Waals surface area contributed by atoms with Gasteiger partial charge in [0.1, 0.15) is 0 Å². The summed E-state index contributed by atoms with van der Waals surface area (Å²) in [6.45, 7) is 2.18. The van der Waals surface area contributed by atoms with E-state index in [1.165, 1.54) is 12.0 Å². The van der Waals surface area contributed by atoms with Crippen LogP contribution in [-0.2, 0) is 6.42 Å². The number of rotatable bonds is 2. The zero-order chi connectivity index (χ0) is 6.53. The molecule has 0 bridgehead atoms. The van der Waals surface area contributed by atoms with Crippen molar-refractivity contribution in [3.8, 4) is 0 Å². The Balaban J connectivity index is 0. The normalized spacial score (nSPS) is 7.73. The minimum absolute atomic E-state index is 0. The Labute approximate surface area is 86.2 Å². The molecule has 0 spiro atoms. The summed E-state index contributed by atoms with van der Waals surface area (Å²) in [5.41, 5.74) is 1.32. The van der Waals surface area contributed by atoms with Crippen molar-refractivity contribution in [1.82, 2.24) is 0 Å². The van der Waals surface area contributed by atoms with Gasteiger partial charge < -0.3 is 7.43 Å². The van der Waals surface area contributed by atoms with Gasteiger partial charge in [0.2, 0.25) is 0 Å². The van der Waals surface area contributed by atoms with Crippen LogP contribution in [0.4, 0.5) is 0 Å². The molecule has 0 nitrogen and oxygen atoms in total. The number of benzene rings is 1. The van der Waals surface area contributed by atoms with Gasteiger partial charge in [0, 0.05) is 0 Å². The minimum atomic E-state index is 0. The van der Waals surface area contributed by atoms with Crippen LogP contribution in [-0.4, -0.2) is 23.1 Å². The molecule has 0 heterocycles. The Hall–Kier alpha value is -0.0138. The van der Waals surface area contributed by atoms with Crippen LogP contribution in [0.15, 0.2) is 24.3 Å². The number of aryl methyl sites for hydroxylation is 1. The third-order valence-corrected chi connectivity index (χ3v) is 1.29. The molecule has 1 aromatic carbocycles. The second-order valence-electron chi connectivity index (χ2n) is 2.14. The first-order valence-corrected chi connectivity index (χ1v) is 3.39. The zero-order valence-corrected chi connectivity index (χ0v) is 8.84. The molecule has 0 unspecified atom stereocenters. The number of hydrogen-bond acceptors (Lipinski definition) is 0. The third kappa shape index (κ3) is 5.28. The molecule has 0 N–H and O–H groups in total. The van der Waals surface area contributed by atoms with E-state index in [1.54, 1.807) is 0 Å². The van der Waals surface area contributed by atoms with E-state index >= 15 is 0 Å². The summed E-state index contributed by atoms with van der Waals surface area (Å²) in [4.78, 5) is 0. The molecule has 0 amide bonds. The summed E-state index contributed by atoms with van der Waals surface area (Å²) in [7, 11) is 0. The van der Waals surface area contributed by atoms with Crippen LogP contribution >= 0.6 is 0 Å².